The molecule has 2 aromatic rings. The van der Waals surface area contributed by atoms with Crippen LogP contribution < -0.4 is 11.1 Å². The van der Waals surface area contributed by atoms with Gasteiger partial charge in [0.05, 0.1) is 14.9 Å². The minimum atomic E-state index is -0.292. The summed E-state index contributed by atoms with van der Waals surface area (Å²) in [6, 6.07) is 2.97. The molecule has 0 saturated heterocycles. The van der Waals surface area contributed by atoms with Gasteiger partial charge in [0.25, 0.3) is 0 Å². The molecule has 7 heteroatoms. The second kappa shape index (κ2) is 5.30. The van der Waals surface area contributed by atoms with E-state index < -0.39 is 0 Å². The minimum Gasteiger partial charge on any atom is -0.397 e. The van der Waals surface area contributed by atoms with Gasteiger partial charge in [0, 0.05) is 19.0 Å². The number of anilines is 2. The number of hydrogen-bond acceptors (Lipinski definition) is 5. The Bertz CT molecular complexity index is 503. The van der Waals surface area contributed by atoms with Crippen molar-refractivity contribution in [3.05, 3.63) is 33.7 Å². The van der Waals surface area contributed by atoms with Crippen LogP contribution in [0.3, 0.4) is 0 Å². The monoisotopic (exact) mass is 348 g/mol. The standard InChI is InChI=1S/C10H10FIN4O/c11-6-3-9(8(13)4-7(6)12)14-2-1-10-15-5-16-17-10/h3-5,14H,1-2,13H2. The van der Waals surface area contributed by atoms with Crippen molar-refractivity contribution in [2.45, 2.75) is 6.42 Å². The molecule has 17 heavy (non-hydrogen) atoms. The minimum absolute atomic E-state index is 0.292. The predicted molar refractivity (Wildman–Crippen MR) is 70.0 cm³/mol. The second-order valence-electron chi connectivity index (χ2n) is 3.37. The van der Waals surface area contributed by atoms with Gasteiger partial charge in [0.15, 0.2) is 6.33 Å². The fourth-order valence-corrected chi connectivity index (χ4v) is 1.82. The zero-order valence-electron chi connectivity index (χ0n) is 8.78. The van der Waals surface area contributed by atoms with E-state index in [0.717, 1.165) is 0 Å². The number of nitrogens with one attached hydrogen (secondary N) is 1. The fraction of sp³-hybridized carbons (Fsp3) is 0.200. The van der Waals surface area contributed by atoms with Crippen molar-refractivity contribution in [3.8, 4) is 0 Å². The quantitative estimate of drug-likeness (QED) is 0.653. The molecular formula is C10H10FIN4O. The van der Waals surface area contributed by atoms with Crippen molar-refractivity contribution in [2.75, 3.05) is 17.6 Å². The van der Waals surface area contributed by atoms with Gasteiger partial charge in [-0.25, -0.2) is 4.39 Å². The molecule has 0 spiro atoms. The number of benzene rings is 1. The van der Waals surface area contributed by atoms with Gasteiger partial charge in [0.1, 0.15) is 5.82 Å². The summed E-state index contributed by atoms with van der Waals surface area (Å²) in [6.07, 6.45) is 1.90. The first kappa shape index (κ1) is 12.1. The van der Waals surface area contributed by atoms with Gasteiger partial charge in [-0.2, -0.15) is 4.98 Å². The molecule has 90 valence electrons. The zero-order chi connectivity index (χ0) is 12.3. The topological polar surface area (TPSA) is 77.0 Å². The lowest BCUT2D eigenvalue weighted by atomic mass is 10.2. The highest BCUT2D eigenvalue weighted by Gasteiger charge is 2.06. The van der Waals surface area contributed by atoms with Crippen molar-refractivity contribution in [1.29, 1.82) is 0 Å². The Kier molecular flexibility index (Phi) is 3.77. The summed E-state index contributed by atoms with van der Waals surface area (Å²) in [4.78, 5) is 3.88. The third kappa shape index (κ3) is 3.05. The summed E-state index contributed by atoms with van der Waals surface area (Å²) >= 11 is 1.90. The number of nitrogens with two attached hydrogens (primary N) is 1. The maximum Gasteiger partial charge on any atom is 0.228 e. The molecule has 0 aliphatic rings. The van der Waals surface area contributed by atoms with E-state index in [4.69, 9.17) is 10.3 Å². The van der Waals surface area contributed by atoms with Crippen LogP contribution in [0.15, 0.2) is 23.0 Å². The first-order valence-corrected chi connectivity index (χ1v) is 5.98. The molecule has 0 fully saturated rings. The number of aromatic nitrogens is 2. The summed E-state index contributed by atoms with van der Waals surface area (Å²) in [5.41, 5.74) is 6.85. The van der Waals surface area contributed by atoms with Crippen LogP contribution in [-0.2, 0) is 6.42 Å². The number of hydrogen-bond donors (Lipinski definition) is 2. The van der Waals surface area contributed by atoms with E-state index in [1.165, 1.54) is 12.4 Å². The van der Waals surface area contributed by atoms with Crippen LogP contribution in [0.5, 0.6) is 0 Å². The van der Waals surface area contributed by atoms with Gasteiger partial charge >= 0.3 is 0 Å². The van der Waals surface area contributed by atoms with Crippen molar-refractivity contribution >= 4 is 34.0 Å². The molecule has 1 aromatic heterocycles. The highest BCUT2D eigenvalue weighted by Crippen LogP contribution is 2.23. The summed E-state index contributed by atoms with van der Waals surface area (Å²) in [6.45, 7) is 0.548. The zero-order valence-corrected chi connectivity index (χ0v) is 10.9. The van der Waals surface area contributed by atoms with Crippen LogP contribution in [0.4, 0.5) is 15.8 Å². The van der Waals surface area contributed by atoms with Crippen LogP contribution in [-0.4, -0.2) is 16.7 Å². The third-order valence-corrected chi connectivity index (χ3v) is 2.98. The Morgan fingerprint density at radius 3 is 3.00 bits per heavy atom. The Balaban J connectivity index is 1.97. The lowest BCUT2D eigenvalue weighted by Gasteiger charge is -2.09. The summed E-state index contributed by atoms with van der Waals surface area (Å²) in [7, 11) is 0. The fourth-order valence-electron chi connectivity index (χ4n) is 1.33. The van der Waals surface area contributed by atoms with Crippen molar-refractivity contribution in [1.82, 2.24) is 10.1 Å². The lowest BCUT2D eigenvalue weighted by Crippen LogP contribution is -2.07. The lowest BCUT2D eigenvalue weighted by molar-refractivity contribution is 0.380. The Labute approximate surface area is 111 Å². The molecule has 0 atom stereocenters. The molecule has 3 N–H and O–H groups in total. The smallest absolute Gasteiger partial charge is 0.228 e. The van der Waals surface area contributed by atoms with Gasteiger partial charge < -0.3 is 15.6 Å². The van der Waals surface area contributed by atoms with Gasteiger partial charge in [-0.1, -0.05) is 5.16 Å². The number of halogens is 2. The summed E-state index contributed by atoms with van der Waals surface area (Å²) < 4.78 is 18.7. The Hall–Kier alpha value is -1.38. The molecule has 1 heterocycles. The molecule has 0 bridgehead atoms. The molecular weight excluding hydrogens is 338 g/mol. The molecule has 0 saturated carbocycles. The van der Waals surface area contributed by atoms with E-state index in [2.05, 4.69) is 15.5 Å². The molecule has 2 rings (SSSR count). The molecule has 1 aromatic carbocycles. The van der Waals surface area contributed by atoms with Gasteiger partial charge in [0.2, 0.25) is 5.89 Å². The maximum absolute atomic E-state index is 13.3. The summed E-state index contributed by atoms with van der Waals surface area (Å²) in [5, 5.41) is 6.51. The summed E-state index contributed by atoms with van der Waals surface area (Å²) in [5.74, 6) is 0.238. The molecule has 0 unspecified atom stereocenters. The molecule has 0 aliphatic carbocycles. The van der Waals surface area contributed by atoms with Crippen LogP contribution in [0.25, 0.3) is 0 Å². The van der Waals surface area contributed by atoms with Crippen LogP contribution in [0, 0.1) is 9.39 Å². The average molecular weight is 348 g/mol. The first-order valence-electron chi connectivity index (χ1n) is 4.91. The van der Waals surface area contributed by atoms with Crippen molar-refractivity contribution in [3.63, 3.8) is 0 Å². The normalized spacial score (nSPS) is 10.5. The van der Waals surface area contributed by atoms with Gasteiger partial charge in [-0.05, 0) is 28.7 Å². The molecule has 0 radical (unpaired) electrons. The van der Waals surface area contributed by atoms with E-state index in [9.17, 15) is 4.39 Å². The van der Waals surface area contributed by atoms with Crippen LogP contribution in [0.2, 0.25) is 0 Å². The Morgan fingerprint density at radius 2 is 2.29 bits per heavy atom. The molecule has 0 amide bonds. The van der Waals surface area contributed by atoms with E-state index in [1.807, 2.05) is 22.6 Å². The number of nitrogens with zero attached hydrogens (tertiary/aromatic N) is 2. The highest BCUT2D eigenvalue weighted by atomic mass is 127. The van der Waals surface area contributed by atoms with Gasteiger partial charge in [-0.15, -0.1) is 0 Å². The molecule has 5 nitrogen and oxygen atoms in total. The van der Waals surface area contributed by atoms with Gasteiger partial charge in [-0.3, -0.25) is 0 Å². The SMILES string of the molecule is Nc1cc(I)c(F)cc1NCCc1ncno1. The molecule has 0 aliphatic heterocycles. The average Bonchev–Trinajstić information content (AvgIpc) is 2.78. The Morgan fingerprint density at radius 1 is 1.47 bits per heavy atom. The number of nitrogen functional groups attached to an aromatic ring is 1. The van der Waals surface area contributed by atoms with Crippen molar-refractivity contribution in [2.24, 2.45) is 0 Å². The van der Waals surface area contributed by atoms with Crippen molar-refractivity contribution < 1.29 is 8.91 Å². The largest absolute Gasteiger partial charge is 0.397 e. The third-order valence-electron chi connectivity index (χ3n) is 2.15. The van der Waals surface area contributed by atoms with Crippen LogP contribution in [0.1, 0.15) is 5.89 Å². The predicted octanol–water partition coefficient (Wildman–Crippen LogP) is 2.05. The number of rotatable bonds is 4. The van der Waals surface area contributed by atoms with E-state index >= 15 is 0 Å². The van der Waals surface area contributed by atoms with E-state index in [1.54, 1.807) is 6.07 Å². The maximum atomic E-state index is 13.3. The first-order chi connectivity index (χ1) is 8.16. The van der Waals surface area contributed by atoms with E-state index in [0.29, 0.717) is 33.8 Å². The van der Waals surface area contributed by atoms with Crippen LogP contribution >= 0.6 is 22.6 Å². The second-order valence-corrected chi connectivity index (χ2v) is 4.53. The highest BCUT2D eigenvalue weighted by molar-refractivity contribution is 14.1. The van der Waals surface area contributed by atoms with E-state index in [-0.39, 0.29) is 5.82 Å².